The molecule has 12 nitrogen and oxygen atoms in total. The summed E-state index contributed by atoms with van der Waals surface area (Å²) >= 11 is 0. The number of aliphatic hydroxyl groups excluding tert-OH is 1. The highest BCUT2D eigenvalue weighted by atomic mass is 16.3. The molecular weight excluding hydrogens is 412 g/mol. The van der Waals surface area contributed by atoms with Gasteiger partial charge in [-0.15, -0.1) is 5.10 Å². The molecule has 4 N–H and O–H groups in total. The Morgan fingerprint density at radius 3 is 2.84 bits per heavy atom. The van der Waals surface area contributed by atoms with Crippen molar-refractivity contribution < 1.29 is 9.90 Å². The molecule has 1 amide bonds. The van der Waals surface area contributed by atoms with Gasteiger partial charge < -0.3 is 16.2 Å². The number of nitrogens with two attached hydrogens (primary N) is 1. The Kier molecular flexibility index (Phi) is 5.19. The van der Waals surface area contributed by atoms with Gasteiger partial charge in [0.1, 0.15) is 0 Å². The number of hydrogen-bond donors (Lipinski definition) is 3. The van der Waals surface area contributed by atoms with E-state index in [1.54, 1.807) is 28.0 Å². The average Bonchev–Trinajstić information content (AvgIpc) is 3.54. The minimum Gasteiger partial charge on any atom is -0.394 e. The number of nitrogens with zero attached hydrogens (tertiary/aromatic N) is 8. The number of pyridine rings is 1. The highest BCUT2D eigenvalue weighted by molar-refractivity contribution is 5.77. The summed E-state index contributed by atoms with van der Waals surface area (Å²) in [7, 11) is 0. The van der Waals surface area contributed by atoms with E-state index in [0.29, 0.717) is 35.9 Å². The summed E-state index contributed by atoms with van der Waals surface area (Å²) < 4.78 is 3.23. The predicted molar refractivity (Wildman–Crippen MR) is 115 cm³/mol. The van der Waals surface area contributed by atoms with E-state index in [4.69, 9.17) is 10.8 Å². The van der Waals surface area contributed by atoms with Crippen LogP contribution in [-0.4, -0.2) is 63.4 Å². The first-order valence-electron chi connectivity index (χ1n) is 10.3. The number of hydrogen-bond acceptors (Lipinski definition) is 9. The number of carbonyl (C=O) groups excluding carboxylic acids is 1. The van der Waals surface area contributed by atoms with Crippen molar-refractivity contribution in [3.63, 3.8) is 0 Å². The van der Waals surface area contributed by atoms with Gasteiger partial charge in [0.2, 0.25) is 11.9 Å². The van der Waals surface area contributed by atoms with Crippen LogP contribution in [0.1, 0.15) is 19.3 Å². The molecule has 1 saturated carbocycles. The van der Waals surface area contributed by atoms with Gasteiger partial charge in [-0.3, -0.25) is 9.48 Å². The topological polar surface area (TPSA) is 163 Å². The van der Waals surface area contributed by atoms with E-state index in [-0.39, 0.29) is 24.5 Å². The fraction of sp³-hybridized carbons (Fsp3) is 0.350. The van der Waals surface area contributed by atoms with Gasteiger partial charge >= 0.3 is 0 Å². The highest BCUT2D eigenvalue weighted by Crippen LogP contribution is 2.27. The monoisotopic (exact) mass is 434 g/mol. The zero-order valence-electron chi connectivity index (χ0n) is 17.2. The maximum atomic E-state index is 11.4. The number of aliphatic hydroxyl groups is 1. The van der Waals surface area contributed by atoms with Gasteiger partial charge in [0.05, 0.1) is 25.5 Å². The number of carbonyl (C=O) groups is 1. The Balaban J connectivity index is 1.37. The van der Waals surface area contributed by atoms with Crippen LogP contribution in [0.2, 0.25) is 0 Å². The third kappa shape index (κ3) is 3.87. The second kappa shape index (κ2) is 8.30. The van der Waals surface area contributed by atoms with Gasteiger partial charge in [-0.25, -0.2) is 9.97 Å². The smallest absolute Gasteiger partial charge is 0.225 e. The number of aromatic nitrogens is 8. The lowest BCUT2D eigenvalue weighted by Crippen LogP contribution is -2.23. The quantitative estimate of drug-likeness (QED) is 0.376. The molecule has 2 atom stereocenters. The predicted octanol–water partition coefficient (Wildman–Crippen LogP) is 0.527. The normalized spacial score (nSPS) is 18.3. The minimum absolute atomic E-state index is 0.0306. The lowest BCUT2D eigenvalue weighted by molar-refractivity contribution is -0.121. The van der Waals surface area contributed by atoms with Gasteiger partial charge in [0, 0.05) is 35.5 Å². The molecule has 164 valence electrons. The van der Waals surface area contributed by atoms with E-state index in [0.717, 1.165) is 24.0 Å². The van der Waals surface area contributed by atoms with E-state index in [9.17, 15) is 4.79 Å². The summed E-state index contributed by atoms with van der Waals surface area (Å²) in [6.45, 7) is 0.472. The number of amides is 1. The molecule has 4 aromatic rings. The summed E-state index contributed by atoms with van der Waals surface area (Å²) in [5.41, 5.74) is 8.30. The first kappa shape index (κ1) is 20.0. The Hall–Kier alpha value is -3.93. The van der Waals surface area contributed by atoms with E-state index in [1.807, 2.05) is 18.3 Å². The van der Waals surface area contributed by atoms with Crippen molar-refractivity contribution in [3.8, 4) is 16.9 Å². The van der Waals surface area contributed by atoms with E-state index in [2.05, 4.69) is 35.7 Å². The van der Waals surface area contributed by atoms with Crippen LogP contribution in [0.25, 0.3) is 28.1 Å². The third-order valence-corrected chi connectivity index (χ3v) is 5.62. The molecule has 0 saturated heterocycles. The van der Waals surface area contributed by atoms with Gasteiger partial charge in [0.15, 0.2) is 17.0 Å². The molecule has 0 radical (unpaired) electrons. The van der Waals surface area contributed by atoms with Crippen LogP contribution in [0.15, 0.2) is 36.9 Å². The fourth-order valence-electron chi connectivity index (χ4n) is 3.93. The fourth-order valence-corrected chi connectivity index (χ4v) is 3.93. The Bertz CT molecular complexity index is 1250. The van der Waals surface area contributed by atoms with Crippen molar-refractivity contribution in [3.05, 3.63) is 36.9 Å². The van der Waals surface area contributed by atoms with E-state index < -0.39 is 0 Å². The van der Waals surface area contributed by atoms with E-state index >= 15 is 0 Å². The number of rotatable bonds is 7. The van der Waals surface area contributed by atoms with Gasteiger partial charge in [-0.2, -0.15) is 14.8 Å². The lowest BCUT2D eigenvalue weighted by Gasteiger charge is -2.12. The molecule has 32 heavy (non-hydrogen) atoms. The average molecular weight is 434 g/mol. The molecule has 1 fully saturated rings. The Labute approximate surface area is 182 Å². The summed E-state index contributed by atoms with van der Waals surface area (Å²) in [5, 5.41) is 24.8. The van der Waals surface area contributed by atoms with Gasteiger partial charge in [0.25, 0.3) is 0 Å². The molecule has 0 spiro atoms. The van der Waals surface area contributed by atoms with Gasteiger partial charge in [-0.1, -0.05) is 5.21 Å². The van der Waals surface area contributed by atoms with Crippen LogP contribution < -0.4 is 11.1 Å². The van der Waals surface area contributed by atoms with Crippen LogP contribution in [0.3, 0.4) is 0 Å². The molecule has 0 aliphatic heterocycles. The Morgan fingerprint density at radius 2 is 2.09 bits per heavy atom. The molecule has 1 unspecified atom stereocenters. The second-order valence-corrected chi connectivity index (χ2v) is 7.78. The SMILES string of the molecule is NC(=O)C1CC[C@@H](Nc2ncc3nnn(-c4ccc(-c5cnn(CCO)c5)cn4)c3n2)C1. The standard InChI is InChI=1S/C20H22N10O2/c21-18(32)12-1-3-15(7-12)25-20-23-10-16-19(26-20)30(28-27-16)17-4-2-13(8-22-17)14-9-24-29(11-14)5-6-31/h2,4,8-12,15,31H,1,3,5-7H2,(H2,21,32)(H,23,25,26)/t12?,15-/m1/s1. The molecule has 4 aromatic heterocycles. The second-order valence-electron chi connectivity index (χ2n) is 7.78. The van der Waals surface area contributed by atoms with Crippen molar-refractivity contribution in [1.82, 2.24) is 39.7 Å². The number of anilines is 1. The van der Waals surface area contributed by atoms with Crippen molar-refractivity contribution >= 4 is 23.0 Å². The summed E-state index contributed by atoms with van der Waals surface area (Å²) in [6.07, 6.45) is 9.20. The van der Waals surface area contributed by atoms with Crippen molar-refractivity contribution in [2.24, 2.45) is 11.7 Å². The van der Waals surface area contributed by atoms with Gasteiger partial charge in [-0.05, 0) is 31.4 Å². The van der Waals surface area contributed by atoms with Crippen LogP contribution in [-0.2, 0) is 11.3 Å². The molecule has 5 rings (SSSR count). The van der Waals surface area contributed by atoms with Crippen LogP contribution in [0, 0.1) is 5.92 Å². The molecule has 0 aromatic carbocycles. The van der Waals surface area contributed by atoms with Crippen LogP contribution in [0.5, 0.6) is 0 Å². The van der Waals surface area contributed by atoms with Crippen molar-refractivity contribution in [2.75, 3.05) is 11.9 Å². The number of primary amides is 1. The molecule has 1 aliphatic rings. The molecule has 1 aliphatic carbocycles. The summed E-state index contributed by atoms with van der Waals surface area (Å²) in [6, 6.07) is 3.84. The largest absolute Gasteiger partial charge is 0.394 e. The Morgan fingerprint density at radius 1 is 1.19 bits per heavy atom. The zero-order chi connectivity index (χ0) is 22.1. The molecule has 12 heteroatoms. The number of fused-ring (bicyclic) bond motifs is 1. The maximum absolute atomic E-state index is 11.4. The lowest BCUT2D eigenvalue weighted by atomic mass is 10.1. The summed E-state index contributed by atoms with van der Waals surface area (Å²) in [4.78, 5) is 24.8. The highest BCUT2D eigenvalue weighted by Gasteiger charge is 2.29. The first-order chi connectivity index (χ1) is 15.6. The molecular formula is C20H22N10O2. The zero-order valence-corrected chi connectivity index (χ0v) is 17.2. The molecule has 0 bridgehead atoms. The third-order valence-electron chi connectivity index (χ3n) is 5.62. The summed E-state index contributed by atoms with van der Waals surface area (Å²) in [5.74, 6) is 0.646. The van der Waals surface area contributed by atoms with Crippen LogP contribution in [0.4, 0.5) is 5.95 Å². The number of nitrogens with one attached hydrogen (secondary N) is 1. The van der Waals surface area contributed by atoms with E-state index in [1.165, 1.54) is 0 Å². The molecule has 4 heterocycles. The van der Waals surface area contributed by atoms with Crippen molar-refractivity contribution in [1.29, 1.82) is 0 Å². The minimum atomic E-state index is -0.261. The maximum Gasteiger partial charge on any atom is 0.225 e. The van der Waals surface area contributed by atoms with Crippen LogP contribution >= 0.6 is 0 Å². The first-order valence-corrected chi connectivity index (χ1v) is 10.3. The van der Waals surface area contributed by atoms with Crippen molar-refractivity contribution in [2.45, 2.75) is 31.8 Å².